The van der Waals surface area contributed by atoms with Gasteiger partial charge < -0.3 is 5.73 Å². The average Bonchev–Trinajstić information content (AvgIpc) is 2.27. The lowest BCUT2D eigenvalue weighted by Gasteiger charge is -2.10. The Balaban J connectivity index is 2.25. The van der Waals surface area contributed by atoms with Gasteiger partial charge >= 0.3 is 0 Å². The maximum absolute atomic E-state index is 6.07. The summed E-state index contributed by atoms with van der Waals surface area (Å²) in [4.78, 5) is 0. The largest absolute Gasteiger partial charge is 0.328 e. The first-order chi connectivity index (χ1) is 7.72. The fourth-order valence-corrected chi connectivity index (χ4v) is 1.89. The molecule has 1 nitrogen and oxygen atoms in total. The Morgan fingerprint density at radius 2 is 2.19 bits per heavy atom. The number of hydrogen-bond donors (Lipinski definition) is 1. The van der Waals surface area contributed by atoms with E-state index in [4.69, 9.17) is 5.73 Å². The van der Waals surface area contributed by atoms with Crippen LogP contribution in [0.2, 0.25) is 0 Å². The third-order valence-corrected chi connectivity index (χ3v) is 2.87. The number of aryl methyl sites for hydroxylation is 2. The van der Waals surface area contributed by atoms with Crippen LogP contribution in [0.1, 0.15) is 36.8 Å². The SMILES string of the molecule is C=CCCCC(N)CCc1cccc(C)c1. The summed E-state index contributed by atoms with van der Waals surface area (Å²) in [5, 5.41) is 0. The van der Waals surface area contributed by atoms with Crippen molar-refractivity contribution in [2.45, 2.75) is 45.1 Å². The van der Waals surface area contributed by atoms with Gasteiger partial charge in [-0.3, -0.25) is 0 Å². The summed E-state index contributed by atoms with van der Waals surface area (Å²) < 4.78 is 0. The van der Waals surface area contributed by atoms with E-state index >= 15 is 0 Å². The maximum Gasteiger partial charge on any atom is 0.00421 e. The van der Waals surface area contributed by atoms with Crippen molar-refractivity contribution < 1.29 is 0 Å². The van der Waals surface area contributed by atoms with Crippen LogP contribution in [0.15, 0.2) is 36.9 Å². The third-order valence-electron chi connectivity index (χ3n) is 2.87. The number of nitrogens with two attached hydrogens (primary N) is 1. The second-order valence-electron chi connectivity index (χ2n) is 4.51. The van der Waals surface area contributed by atoms with Crippen molar-refractivity contribution in [2.75, 3.05) is 0 Å². The van der Waals surface area contributed by atoms with Crippen molar-refractivity contribution in [1.29, 1.82) is 0 Å². The summed E-state index contributed by atoms with van der Waals surface area (Å²) >= 11 is 0. The predicted octanol–water partition coefficient (Wildman–Crippen LogP) is 3.61. The molecule has 1 aromatic rings. The Hall–Kier alpha value is -1.08. The van der Waals surface area contributed by atoms with Gasteiger partial charge in [0.15, 0.2) is 0 Å². The highest BCUT2D eigenvalue weighted by molar-refractivity contribution is 5.22. The smallest absolute Gasteiger partial charge is 0.00421 e. The number of unbranched alkanes of at least 4 members (excludes halogenated alkanes) is 1. The molecule has 0 amide bonds. The zero-order chi connectivity index (χ0) is 11.8. The van der Waals surface area contributed by atoms with E-state index in [0.29, 0.717) is 6.04 Å². The van der Waals surface area contributed by atoms with Gasteiger partial charge in [0.1, 0.15) is 0 Å². The van der Waals surface area contributed by atoms with E-state index in [-0.39, 0.29) is 0 Å². The lowest BCUT2D eigenvalue weighted by atomic mass is 10.0. The summed E-state index contributed by atoms with van der Waals surface area (Å²) in [6, 6.07) is 9.02. The van der Waals surface area contributed by atoms with Crippen LogP contribution in [0.5, 0.6) is 0 Å². The number of rotatable bonds is 7. The molecule has 0 saturated heterocycles. The highest BCUT2D eigenvalue weighted by atomic mass is 14.6. The van der Waals surface area contributed by atoms with Gasteiger partial charge in [-0.2, -0.15) is 0 Å². The van der Waals surface area contributed by atoms with Crippen LogP contribution >= 0.6 is 0 Å². The average molecular weight is 217 g/mol. The second-order valence-corrected chi connectivity index (χ2v) is 4.51. The summed E-state index contributed by atoms with van der Waals surface area (Å²) in [5.74, 6) is 0. The van der Waals surface area contributed by atoms with Crippen molar-refractivity contribution in [1.82, 2.24) is 0 Å². The predicted molar refractivity (Wildman–Crippen MR) is 71.5 cm³/mol. The van der Waals surface area contributed by atoms with Gasteiger partial charge in [-0.15, -0.1) is 6.58 Å². The quantitative estimate of drug-likeness (QED) is 0.548. The first-order valence-electron chi connectivity index (χ1n) is 6.14. The zero-order valence-corrected chi connectivity index (χ0v) is 10.3. The molecule has 1 rings (SSSR count). The standard InChI is InChI=1S/C15H23N/c1-3-4-5-9-15(16)11-10-14-8-6-7-13(2)12-14/h3,6-8,12,15H,1,4-5,9-11,16H2,2H3. The van der Waals surface area contributed by atoms with Crippen molar-refractivity contribution in [3.8, 4) is 0 Å². The summed E-state index contributed by atoms with van der Waals surface area (Å²) in [6.07, 6.45) is 7.50. The summed E-state index contributed by atoms with van der Waals surface area (Å²) in [5.41, 5.74) is 8.80. The molecule has 1 aromatic carbocycles. The molecule has 0 heterocycles. The molecule has 0 radical (unpaired) electrons. The normalized spacial score (nSPS) is 12.4. The monoisotopic (exact) mass is 217 g/mol. The summed E-state index contributed by atoms with van der Waals surface area (Å²) in [6.45, 7) is 5.85. The van der Waals surface area contributed by atoms with Crippen molar-refractivity contribution in [2.24, 2.45) is 5.73 Å². The molecule has 0 aliphatic carbocycles. The molecular formula is C15H23N. The van der Waals surface area contributed by atoms with Crippen molar-refractivity contribution in [3.63, 3.8) is 0 Å². The number of hydrogen-bond acceptors (Lipinski definition) is 1. The van der Waals surface area contributed by atoms with E-state index in [9.17, 15) is 0 Å². The molecule has 0 saturated carbocycles. The molecule has 1 atom stereocenters. The first kappa shape index (κ1) is 13.0. The molecule has 1 heteroatoms. The van der Waals surface area contributed by atoms with Crippen LogP contribution in [0, 0.1) is 6.92 Å². The maximum atomic E-state index is 6.07. The van der Waals surface area contributed by atoms with E-state index in [2.05, 4.69) is 37.8 Å². The Labute approximate surface area is 99.4 Å². The molecule has 16 heavy (non-hydrogen) atoms. The zero-order valence-electron chi connectivity index (χ0n) is 10.3. The third kappa shape index (κ3) is 5.13. The Morgan fingerprint density at radius 1 is 1.38 bits per heavy atom. The lowest BCUT2D eigenvalue weighted by molar-refractivity contribution is 0.549. The topological polar surface area (TPSA) is 26.0 Å². The molecular weight excluding hydrogens is 194 g/mol. The number of benzene rings is 1. The van der Waals surface area contributed by atoms with Crippen LogP contribution in [0.25, 0.3) is 0 Å². The molecule has 0 aromatic heterocycles. The fourth-order valence-electron chi connectivity index (χ4n) is 1.89. The van der Waals surface area contributed by atoms with Gasteiger partial charge in [0.2, 0.25) is 0 Å². The molecule has 0 aliphatic rings. The van der Waals surface area contributed by atoms with E-state index in [1.807, 2.05) is 6.08 Å². The number of allylic oxidation sites excluding steroid dienone is 1. The van der Waals surface area contributed by atoms with Gasteiger partial charge in [-0.25, -0.2) is 0 Å². The van der Waals surface area contributed by atoms with E-state index < -0.39 is 0 Å². The molecule has 0 fully saturated rings. The molecule has 1 unspecified atom stereocenters. The second kappa shape index (κ2) is 7.24. The minimum atomic E-state index is 0.334. The highest BCUT2D eigenvalue weighted by Gasteiger charge is 2.02. The lowest BCUT2D eigenvalue weighted by Crippen LogP contribution is -2.20. The Bertz CT molecular complexity index is 317. The molecule has 0 aliphatic heterocycles. The minimum Gasteiger partial charge on any atom is -0.328 e. The van der Waals surface area contributed by atoms with Gasteiger partial charge in [-0.1, -0.05) is 35.9 Å². The molecule has 88 valence electrons. The molecule has 0 bridgehead atoms. The fraction of sp³-hybridized carbons (Fsp3) is 0.467. The minimum absolute atomic E-state index is 0.334. The van der Waals surface area contributed by atoms with E-state index in [1.165, 1.54) is 17.5 Å². The van der Waals surface area contributed by atoms with E-state index in [1.54, 1.807) is 0 Å². The van der Waals surface area contributed by atoms with E-state index in [0.717, 1.165) is 25.7 Å². The van der Waals surface area contributed by atoms with Crippen LogP contribution < -0.4 is 5.73 Å². The van der Waals surface area contributed by atoms with Gasteiger partial charge in [0, 0.05) is 6.04 Å². The highest BCUT2D eigenvalue weighted by Crippen LogP contribution is 2.10. The van der Waals surface area contributed by atoms with Crippen LogP contribution in [-0.4, -0.2) is 6.04 Å². The first-order valence-corrected chi connectivity index (χ1v) is 6.14. The van der Waals surface area contributed by atoms with Crippen molar-refractivity contribution >= 4 is 0 Å². The van der Waals surface area contributed by atoms with Crippen LogP contribution in [0.4, 0.5) is 0 Å². The Kier molecular flexibility index (Phi) is 5.87. The molecule has 2 N–H and O–H groups in total. The van der Waals surface area contributed by atoms with Crippen LogP contribution in [0.3, 0.4) is 0 Å². The van der Waals surface area contributed by atoms with Gasteiger partial charge in [0.05, 0.1) is 0 Å². The van der Waals surface area contributed by atoms with Gasteiger partial charge in [0.25, 0.3) is 0 Å². The van der Waals surface area contributed by atoms with Crippen LogP contribution in [-0.2, 0) is 6.42 Å². The summed E-state index contributed by atoms with van der Waals surface area (Å²) in [7, 11) is 0. The molecule has 0 spiro atoms. The Morgan fingerprint density at radius 3 is 2.88 bits per heavy atom. The van der Waals surface area contributed by atoms with Gasteiger partial charge in [-0.05, 0) is 44.6 Å². The van der Waals surface area contributed by atoms with Crippen molar-refractivity contribution in [3.05, 3.63) is 48.0 Å².